The van der Waals surface area contributed by atoms with Crippen LogP contribution in [0.3, 0.4) is 0 Å². The van der Waals surface area contributed by atoms with Gasteiger partial charge in [0.2, 0.25) is 5.91 Å². The second-order valence-corrected chi connectivity index (χ2v) is 2.69. The van der Waals surface area contributed by atoms with E-state index in [2.05, 4.69) is 11.9 Å². The van der Waals surface area contributed by atoms with Gasteiger partial charge in [-0.25, -0.2) is 0 Å². The van der Waals surface area contributed by atoms with Crippen molar-refractivity contribution in [3.63, 3.8) is 0 Å². The summed E-state index contributed by atoms with van der Waals surface area (Å²) in [6, 6.07) is 0. The smallest absolute Gasteiger partial charge is 0.239 e. The van der Waals surface area contributed by atoms with Crippen LogP contribution in [-0.4, -0.2) is 11.8 Å². The van der Waals surface area contributed by atoms with Crippen LogP contribution < -0.4 is 5.32 Å². The molecule has 0 heterocycles. The Balaban J connectivity index is 4.38. The van der Waals surface area contributed by atoms with E-state index in [0.717, 1.165) is 0 Å². The van der Waals surface area contributed by atoms with Gasteiger partial charge in [0.25, 0.3) is 0 Å². The van der Waals surface area contributed by atoms with Crippen LogP contribution in [0.15, 0.2) is 48.7 Å². The fourth-order valence-corrected chi connectivity index (χ4v) is 0.797. The summed E-state index contributed by atoms with van der Waals surface area (Å²) in [5.41, 5.74) is 0.670. The zero-order valence-corrected chi connectivity index (χ0v) is 8.92. The molecule has 2 nitrogen and oxygen atoms in total. The molecule has 0 rings (SSSR count). The number of halogens is 1. The van der Waals surface area contributed by atoms with Crippen molar-refractivity contribution in [2.45, 2.75) is 6.92 Å². The second-order valence-electron chi connectivity index (χ2n) is 2.42. The molecule has 0 radical (unpaired) electrons. The summed E-state index contributed by atoms with van der Waals surface area (Å²) < 4.78 is 0. The number of rotatable bonds is 5. The van der Waals surface area contributed by atoms with E-state index in [1.807, 2.05) is 25.2 Å². The Morgan fingerprint density at radius 1 is 1.50 bits per heavy atom. The lowest BCUT2D eigenvalue weighted by molar-refractivity contribution is -0.117. The van der Waals surface area contributed by atoms with Crippen LogP contribution in [0.5, 0.6) is 0 Å². The molecule has 0 saturated heterocycles. The van der Waals surface area contributed by atoms with E-state index in [-0.39, 0.29) is 11.8 Å². The normalized spacial score (nSPS) is 12.3. The third-order valence-electron chi connectivity index (χ3n) is 1.28. The number of carbonyl (C=O) groups excluding carboxylic acids is 1. The molecule has 14 heavy (non-hydrogen) atoms. The van der Waals surface area contributed by atoms with Gasteiger partial charge in [0.15, 0.2) is 0 Å². The molecule has 0 unspecified atom stereocenters. The van der Waals surface area contributed by atoms with E-state index in [0.29, 0.717) is 5.70 Å². The summed E-state index contributed by atoms with van der Waals surface area (Å²) in [5.74, 6) is -0.281. The molecule has 0 aliphatic heterocycles. The predicted octanol–water partition coefficient (Wildman–Crippen LogP) is 2.54. The fraction of sp³-hybridized carbons (Fsp3) is 0.182. The Morgan fingerprint density at radius 2 is 2.21 bits per heavy atom. The SMILES string of the molecule is C=C\C=C(/C=C\C=C/C)NC(=O)CCl. The topological polar surface area (TPSA) is 29.1 Å². The summed E-state index contributed by atoms with van der Waals surface area (Å²) in [6.07, 6.45) is 10.7. The average Bonchev–Trinajstić information content (AvgIpc) is 2.18. The van der Waals surface area contributed by atoms with Crippen molar-refractivity contribution >= 4 is 17.5 Å². The fourth-order valence-electron chi connectivity index (χ4n) is 0.731. The number of allylic oxidation sites excluding steroid dienone is 6. The van der Waals surface area contributed by atoms with Crippen molar-refractivity contribution in [2.75, 3.05) is 5.88 Å². The number of hydrogen-bond donors (Lipinski definition) is 1. The quantitative estimate of drug-likeness (QED) is 0.550. The predicted molar refractivity (Wildman–Crippen MR) is 61.1 cm³/mol. The summed E-state index contributed by atoms with van der Waals surface area (Å²) in [7, 11) is 0. The second kappa shape index (κ2) is 8.32. The first-order valence-electron chi connectivity index (χ1n) is 4.22. The van der Waals surface area contributed by atoms with Crippen molar-refractivity contribution < 1.29 is 4.79 Å². The lowest BCUT2D eigenvalue weighted by Gasteiger charge is -2.01. The van der Waals surface area contributed by atoms with Crippen molar-refractivity contribution in [3.8, 4) is 0 Å². The molecule has 0 aliphatic rings. The molecule has 3 heteroatoms. The molecule has 0 aromatic carbocycles. The van der Waals surface area contributed by atoms with Crippen LogP contribution in [0, 0.1) is 0 Å². The highest BCUT2D eigenvalue weighted by molar-refractivity contribution is 6.27. The minimum atomic E-state index is -0.232. The molecule has 76 valence electrons. The van der Waals surface area contributed by atoms with Gasteiger partial charge in [-0.05, 0) is 19.1 Å². The van der Waals surface area contributed by atoms with Gasteiger partial charge in [-0.2, -0.15) is 0 Å². The molecule has 1 N–H and O–H groups in total. The van der Waals surface area contributed by atoms with Gasteiger partial charge in [-0.1, -0.05) is 30.9 Å². The highest BCUT2D eigenvalue weighted by atomic mass is 35.5. The lowest BCUT2D eigenvalue weighted by Crippen LogP contribution is -2.22. The van der Waals surface area contributed by atoms with Crippen LogP contribution in [-0.2, 0) is 4.79 Å². The molecule has 0 bridgehead atoms. The molecular weight excluding hydrogens is 198 g/mol. The number of amides is 1. The summed E-state index contributed by atoms with van der Waals surface area (Å²) in [6.45, 7) is 5.46. The summed E-state index contributed by atoms with van der Waals surface area (Å²) in [5, 5.41) is 2.62. The first-order chi connectivity index (χ1) is 6.74. The van der Waals surface area contributed by atoms with Crippen LogP contribution in [0.2, 0.25) is 0 Å². The number of hydrogen-bond acceptors (Lipinski definition) is 1. The molecule has 0 aromatic heterocycles. The number of alkyl halides is 1. The van der Waals surface area contributed by atoms with Crippen LogP contribution in [0.25, 0.3) is 0 Å². The van der Waals surface area contributed by atoms with Crippen LogP contribution >= 0.6 is 11.6 Å². The standard InChI is InChI=1S/C11H14ClNO/c1-3-5-6-8-10(7-4-2)13-11(14)9-12/h3-8H,2,9H2,1H3,(H,13,14)/b5-3-,8-6-,10-7+. The van der Waals surface area contributed by atoms with Gasteiger partial charge in [-0.3, -0.25) is 4.79 Å². The van der Waals surface area contributed by atoms with Gasteiger partial charge < -0.3 is 5.32 Å². The monoisotopic (exact) mass is 211 g/mol. The van der Waals surface area contributed by atoms with Crippen LogP contribution in [0.1, 0.15) is 6.92 Å². The lowest BCUT2D eigenvalue weighted by atomic mass is 10.3. The zero-order chi connectivity index (χ0) is 10.8. The van der Waals surface area contributed by atoms with E-state index in [1.165, 1.54) is 0 Å². The minimum absolute atomic E-state index is 0.0497. The highest BCUT2D eigenvalue weighted by Crippen LogP contribution is 1.94. The Bertz CT molecular complexity index is 277. The Labute approximate surface area is 89.6 Å². The van der Waals surface area contributed by atoms with Gasteiger partial charge in [0, 0.05) is 5.70 Å². The zero-order valence-electron chi connectivity index (χ0n) is 8.16. The molecule has 0 atom stereocenters. The summed E-state index contributed by atoms with van der Waals surface area (Å²) in [4.78, 5) is 11.0. The molecule has 0 spiro atoms. The Kier molecular flexibility index (Phi) is 7.56. The number of carbonyl (C=O) groups is 1. The number of nitrogens with one attached hydrogen (secondary N) is 1. The van der Waals surface area contributed by atoms with E-state index < -0.39 is 0 Å². The van der Waals surface area contributed by atoms with E-state index in [1.54, 1.807) is 18.2 Å². The summed E-state index contributed by atoms with van der Waals surface area (Å²) >= 11 is 5.35. The van der Waals surface area contributed by atoms with Gasteiger partial charge in [0.05, 0.1) is 0 Å². The van der Waals surface area contributed by atoms with Crippen molar-refractivity contribution in [1.29, 1.82) is 0 Å². The molecule has 0 aliphatic carbocycles. The molecule has 1 amide bonds. The molecule has 0 aromatic rings. The largest absolute Gasteiger partial charge is 0.325 e. The molecule has 0 saturated carbocycles. The maximum Gasteiger partial charge on any atom is 0.239 e. The maximum atomic E-state index is 11.0. The van der Waals surface area contributed by atoms with Crippen LogP contribution in [0.4, 0.5) is 0 Å². The third kappa shape index (κ3) is 6.26. The van der Waals surface area contributed by atoms with Gasteiger partial charge in [0.1, 0.15) is 5.88 Å². The Morgan fingerprint density at radius 3 is 2.71 bits per heavy atom. The van der Waals surface area contributed by atoms with Crippen molar-refractivity contribution in [1.82, 2.24) is 5.32 Å². The van der Waals surface area contributed by atoms with E-state index in [4.69, 9.17) is 11.6 Å². The molecular formula is C11H14ClNO. The van der Waals surface area contributed by atoms with E-state index >= 15 is 0 Å². The van der Waals surface area contributed by atoms with Crippen molar-refractivity contribution in [2.24, 2.45) is 0 Å². The Hall–Kier alpha value is -1.28. The first kappa shape index (κ1) is 12.7. The third-order valence-corrected chi connectivity index (χ3v) is 1.52. The maximum absolute atomic E-state index is 11.0. The van der Waals surface area contributed by atoms with E-state index in [9.17, 15) is 4.79 Å². The first-order valence-corrected chi connectivity index (χ1v) is 4.76. The highest BCUT2D eigenvalue weighted by Gasteiger charge is 1.97. The van der Waals surface area contributed by atoms with Gasteiger partial charge >= 0.3 is 0 Å². The van der Waals surface area contributed by atoms with Crippen molar-refractivity contribution in [3.05, 3.63) is 48.7 Å². The average molecular weight is 212 g/mol. The molecule has 0 fully saturated rings. The van der Waals surface area contributed by atoms with Gasteiger partial charge in [-0.15, -0.1) is 11.6 Å². The minimum Gasteiger partial charge on any atom is -0.325 e.